The van der Waals surface area contributed by atoms with Crippen molar-refractivity contribution < 1.29 is 19.1 Å². The van der Waals surface area contributed by atoms with Gasteiger partial charge in [-0.1, -0.05) is 71.2 Å². The average Bonchev–Trinajstić information content (AvgIpc) is 2.84. The number of halogens is 2. The lowest BCUT2D eigenvalue weighted by Crippen LogP contribution is -2.24. The number of carbonyl (C=O) groups excluding carboxylic acids is 2. The molecule has 0 aromatic heterocycles. The Kier molecular flexibility index (Phi) is 7.65. The summed E-state index contributed by atoms with van der Waals surface area (Å²) in [5.41, 5.74) is 4.35. The summed E-state index contributed by atoms with van der Waals surface area (Å²) in [6, 6.07) is 23.0. The summed E-state index contributed by atoms with van der Waals surface area (Å²) >= 11 is 11.9. The van der Waals surface area contributed by atoms with Gasteiger partial charge in [-0.2, -0.15) is 5.10 Å². The van der Waals surface area contributed by atoms with E-state index >= 15 is 0 Å². The fourth-order valence-corrected chi connectivity index (χ4v) is 3.83. The molecule has 0 aliphatic heterocycles. The number of amides is 1. The van der Waals surface area contributed by atoms with Gasteiger partial charge in [0.15, 0.2) is 6.61 Å². The van der Waals surface area contributed by atoms with Gasteiger partial charge in [-0.25, -0.2) is 10.2 Å². The Morgan fingerprint density at radius 2 is 1.74 bits per heavy atom. The van der Waals surface area contributed by atoms with Crippen molar-refractivity contribution in [2.75, 3.05) is 6.61 Å². The molecular formula is C27H20Cl2N2O4. The lowest BCUT2D eigenvalue weighted by Gasteiger charge is -2.11. The van der Waals surface area contributed by atoms with Crippen LogP contribution in [-0.4, -0.2) is 24.7 Å². The van der Waals surface area contributed by atoms with Gasteiger partial charge in [-0.05, 0) is 54.1 Å². The largest absolute Gasteiger partial charge is 0.482 e. The second kappa shape index (κ2) is 11.0. The zero-order chi connectivity index (χ0) is 24.8. The second-order valence-electron chi connectivity index (χ2n) is 7.61. The maximum atomic E-state index is 12.7. The van der Waals surface area contributed by atoms with E-state index in [2.05, 4.69) is 10.5 Å². The molecule has 0 heterocycles. The highest BCUT2D eigenvalue weighted by Crippen LogP contribution is 2.28. The lowest BCUT2D eigenvalue weighted by atomic mass is 10.0. The molecular weight excluding hydrogens is 487 g/mol. The minimum absolute atomic E-state index is 0.296. The van der Waals surface area contributed by atoms with Crippen LogP contribution in [0.2, 0.25) is 10.0 Å². The number of fused-ring (bicyclic) bond motifs is 1. The van der Waals surface area contributed by atoms with Crippen LogP contribution in [0.25, 0.3) is 10.8 Å². The Labute approximate surface area is 212 Å². The Hall–Kier alpha value is -3.87. The number of hydrogen-bond donors (Lipinski definition) is 1. The normalized spacial score (nSPS) is 10.9. The Morgan fingerprint density at radius 1 is 0.943 bits per heavy atom. The Morgan fingerprint density at radius 3 is 2.54 bits per heavy atom. The summed E-state index contributed by atoms with van der Waals surface area (Å²) < 4.78 is 11.1. The van der Waals surface area contributed by atoms with Crippen molar-refractivity contribution in [3.05, 3.63) is 106 Å². The van der Waals surface area contributed by atoms with Gasteiger partial charge in [0.05, 0.1) is 16.8 Å². The molecule has 0 spiro atoms. The van der Waals surface area contributed by atoms with Gasteiger partial charge in [-0.15, -0.1) is 0 Å². The third-order valence-electron chi connectivity index (χ3n) is 5.02. The highest BCUT2D eigenvalue weighted by Gasteiger charge is 2.14. The van der Waals surface area contributed by atoms with E-state index in [9.17, 15) is 9.59 Å². The molecule has 0 atom stereocenters. The number of ether oxygens (including phenoxy) is 2. The van der Waals surface area contributed by atoms with E-state index < -0.39 is 11.9 Å². The van der Waals surface area contributed by atoms with Crippen molar-refractivity contribution in [1.82, 2.24) is 5.43 Å². The molecule has 35 heavy (non-hydrogen) atoms. The molecule has 0 saturated carbocycles. The van der Waals surface area contributed by atoms with E-state index in [0.29, 0.717) is 32.7 Å². The van der Waals surface area contributed by atoms with Crippen LogP contribution in [-0.2, 0) is 4.79 Å². The highest BCUT2D eigenvalue weighted by molar-refractivity contribution is 6.35. The lowest BCUT2D eigenvalue weighted by molar-refractivity contribution is -0.123. The molecule has 1 amide bonds. The molecule has 0 bridgehead atoms. The van der Waals surface area contributed by atoms with Crippen LogP contribution in [0.3, 0.4) is 0 Å². The van der Waals surface area contributed by atoms with Crippen molar-refractivity contribution in [3.63, 3.8) is 0 Å². The van der Waals surface area contributed by atoms with Crippen LogP contribution in [0.4, 0.5) is 0 Å². The first-order chi connectivity index (χ1) is 16.9. The second-order valence-corrected chi connectivity index (χ2v) is 8.46. The number of rotatable bonds is 7. The van der Waals surface area contributed by atoms with Gasteiger partial charge in [-0.3, -0.25) is 4.79 Å². The number of hydrazone groups is 1. The van der Waals surface area contributed by atoms with Gasteiger partial charge in [0, 0.05) is 10.6 Å². The van der Waals surface area contributed by atoms with Gasteiger partial charge < -0.3 is 9.47 Å². The minimum atomic E-state index is -0.495. The van der Waals surface area contributed by atoms with Crippen LogP contribution in [0, 0.1) is 6.92 Å². The number of benzene rings is 4. The third kappa shape index (κ3) is 6.18. The molecule has 6 nitrogen and oxygen atoms in total. The molecule has 0 aliphatic rings. The smallest absolute Gasteiger partial charge is 0.343 e. The molecule has 0 fully saturated rings. The number of esters is 1. The number of nitrogens with zero attached hydrogens (tertiary/aromatic N) is 1. The fourth-order valence-electron chi connectivity index (χ4n) is 3.37. The maximum absolute atomic E-state index is 12.7. The van der Waals surface area contributed by atoms with Crippen molar-refractivity contribution in [2.45, 2.75) is 6.92 Å². The van der Waals surface area contributed by atoms with Gasteiger partial charge in [0.1, 0.15) is 11.5 Å². The quantitative estimate of drug-likeness (QED) is 0.140. The van der Waals surface area contributed by atoms with Gasteiger partial charge >= 0.3 is 5.97 Å². The third-order valence-corrected chi connectivity index (χ3v) is 5.55. The predicted molar refractivity (Wildman–Crippen MR) is 138 cm³/mol. The van der Waals surface area contributed by atoms with E-state index in [-0.39, 0.29) is 6.61 Å². The molecule has 4 aromatic carbocycles. The topological polar surface area (TPSA) is 77.0 Å². The predicted octanol–water partition coefficient (Wildman–Crippen LogP) is 6.20. The summed E-state index contributed by atoms with van der Waals surface area (Å²) in [5.74, 6) is -0.339. The molecule has 4 aromatic rings. The molecule has 0 saturated heterocycles. The van der Waals surface area contributed by atoms with Gasteiger partial charge in [0.25, 0.3) is 5.91 Å². The summed E-state index contributed by atoms with van der Waals surface area (Å²) in [6.45, 7) is 1.60. The highest BCUT2D eigenvalue weighted by atomic mass is 35.5. The first-order valence-corrected chi connectivity index (χ1v) is 11.4. The maximum Gasteiger partial charge on any atom is 0.343 e. The molecule has 1 N–H and O–H groups in total. The Bertz CT molecular complexity index is 1440. The number of hydrogen-bond acceptors (Lipinski definition) is 5. The number of carbonyl (C=O) groups is 2. The number of aryl methyl sites for hydroxylation is 1. The monoisotopic (exact) mass is 506 g/mol. The van der Waals surface area contributed by atoms with Crippen LogP contribution in [0.1, 0.15) is 21.5 Å². The van der Waals surface area contributed by atoms with E-state index in [1.165, 1.54) is 12.3 Å². The van der Waals surface area contributed by atoms with Gasteiger partial charge in [0.2, 0.25) is 0 Å². The van der Waals surface area contributed by atoms with Crippen LogP contribution in [0.5, 0.6) is 11.5 Å². The zero-order valence-electron chi connectivity index (χ0n) is 18.6. The molecule has 0 aliphatic carbocycles. The van der Waals surface area contributed by atoms with E-state index in [1.54, 1.807) is 36.4 Å². The first-order valence-electron chi connectivity index (χ1n) is 10.6. The van der Waals surface area contributed by atoms with E-state index in [0.717, 1.165) is 16.3 Å². The summed E-state index contributed by atoms with van der Waals surface area (Å²) in [5, 5.41) is 6.54. The first kappa shape index (κ1) is 24.3. The van der Waals surface area contributed by atoms with Crippen molar-refractivity contribution >= 4 is 52.1 Å². The summed E-state index contributed by atoms with van der Waals surface area (Å²) in [6.07, 6.45) is 1.44. The van der Waals surface area contributed by atoms with Crippen LogP contribution >= 0.6 is 23.2 Å². The van der Waals surface area contributed by atoms with Crippen LogP contribution in [0.15, 0.2) is 84.0 Å². The molecule has 8 heteroatoms. The van der Waals surface area contributed by atoms with E-state index in [1.807, 2.05) is 43.3 Å². The average molecular weight is 507 g/mol. The Balaban J connectivity index is 1.51. The molecule has 176 valence electrons. The SMILES string of the molecule is Cc1cccc(C(=O)Oc2ccc3ccccc3c2/C=N/NC(=O)COc2ccc(Cl)cc2Cl)c1. The molecule has 0 unspecified atom stereocenters. The summed E-state index contributed by atoms with van der Waals surface area (Å²) in [7, 11) is 0. The standard InChI is InChI=1S/C27H20Cl2N2O4/c1-17-5-4-7-19(13-17)27(33)35-24-11-9-18-6-2-3-8-21(18)22(24)15-30-31-26(32)16-34-25-12-10-20(28)14-23(25)29/h2-15H,16H2,1H3,(H,31,32)/b30-15+. The fraction of sp³-hybridized carbons (Fsp3) is 0.0741. The van der Waals surface area contributed by atoms with Crippen molar-refractivity contribution in [1.29, 1.82) is 0 Å². The zero-order valence-corrected chi connectivity index (χ0v) is 20.1. The molecule has 4 rings (SSSR count). The minimum Gasteiger partial charge on any atom is -0.482 e. The number of nitrogens with one attached hydrogen (secondary N) is 1. The van der Waals surface area contributed by atoms with Crippen LogP contribution < -0.4 is 14.9 Å². The summed E-state index contributed by atoms with van der Waals surface area (Å²) in [4.78, 5) is 25.0. The van der Waals surface area contributed by atoms with Crippen molar-refractivity contribution in [3.8, 4) is 11.5 Å². The van der Waals surface area contributed by atoms with Crippen molar-refractivity contribution in [2.24, 2.45) is 5.10 Å². The molecule has 0 radical (unpaired) electrons. The van der Waals surface area contributed by atoms with E-state index in [4.69, 9.17) is 32.7 Å².